The zero-order valence-electron chi connectivity index (χ0n) is 22.5. The Morgan fingerprint density at radius 2 is 1.98 bits per heavy atom. The van der Waals surface area contributed by atoms with Crippen molar-refractivity contribution in [1.82, 2.24) is 41.7 Å². The van der Waals surface area contributed by atoms with E-state index in [0.29, 0.717) is 12.4 Å². The predicted octanol–water partition coefficient (Wildman–Crippen LogP) is -1.84. The molecule has 3 fully saturated rings. The lowest BCUT2D eigenvalue weighted by Gasteiger charge is -2.51. The summed E-state index contributed by atoms with van der Waals surface area (Å²) in [4.78, 5) is 27.5. The van der Waals surface area contributed by atoms with Gasteiger partial charge in [-0.2, -0.15) is 5.10 Å². The molecule has 15 heteroatoms. The van der Waals surface area contributed by atoms with Crippen LogP contribution in [-0.2, 0) is 5.41 Å². The molecule has 0 radical (unpaired) electrons. The van der Waals surface area contributed by atoms with Crippen LogP contribution in [0.1, 0.15) is 46.7 Å². The Kier molecular flexibility index (Phi) is 6.04. The molecule has 0 unspecified atom stereocenters. The maximum atomic E-state index is 13.6. The molecule has 1 aromatic carbocycles. The van der Waals surface area contributed by atoms with Crippen molar-refractivity contribution >= 4 is 23.7 Å². The number of hydrogen-bond acceptors (Lipinski definition) is 9. The molecule has 1 spiro atoms. The fourth-order valence-electron chi connectivity index (χ4n) is 6.25. The van der Waals surface area contributed by atoms with E-state index in [1.165, 1.54) is 17.2 Å². The van der Waals surface area contributed by atoms with Gasteiger partial charge in [0.25, 0.3) is 11.8 Å². The first-order valence-corrected chi connectivity index (χ1v) is 13.3. The molecule has 4 aliphatic heterocycles. The Morgan fingerprint density at radius 1 is 1.17 bits per heavy atom. The highest BCUT2D eigenvalue weighted by Gasteiger charge is 2.74. The maximum absolute atomic E-state index is 13.6. The highest BCUT2D eigenvalue weighted by Crippen LogP contribution is 2.44. The molecule has 2 aromatic rings. The summed E-state index contributed by atoms with van der Waals surface area (Å²) in [7, 11) is 0. The second kappa shape index (κ2) is 9.27. The second-order valence-electron chi connectivity index (χ2n) is 11.3. The summed E-state index contributed by atoms with van der Waals surface area (Å²) >= 11 is 0. The number of carbonyl (C=O) groups excluding carboxylic acids is 2. The van der Waals surface area contributed by atoms with Gasteiger partial charge in [0.1, 0.15) is 11.8 Å². The van der Waals surface area contributed by atoms with Crippen LogP contribution in [0.2, 0.25) is 0 Å². The van der Waals surface area contributed by atoms with Crippen LogP contribution in [0, 0.1) is 10.8 Å². The van der Waals surface area contributed by atoms with Crippen molar-refractivity contribution < 1.29 is 24.5 Å². The van der Waals surface area contributed by atoms with Gasteiger partial charge in [0.05, 0.1) is 24.3 Å². The highest BCUT2D eigenvalue weighted by molar-refractivity contribution is 5.98. The van der Waals surface area contributed by atoms with Crippen LogP contribution in [-0.4, -0.2) is 98.3 Å². The number of rotatable bonds is 5. The van der Waals surface area contributed by atoms with E-state index in [1.54, 1.807) is 18.2 Å². The summed E-state index contributed by atoms with van der Waals surface area (Å²) in [5.41, 5.74) is -0.739. The number of ether oxygens (including phenoxy) is 1. The molecule has 1 aromatic heterocycles. The van der Waals surface area contributed by atoms with E-state index in [-0.39, 0.29) is 41.7 Å². The largest absolute Gasteiger partial charge is 0.492 e. The van der Waals surface area contributed by atoms with Crippen molar-refractivity contribution in [2.75, 3.05) is 19.7 Å². The minimum atomic E-state index is -2.65. The molecule has 0 aliphatic carbocycles. The summed E-state index contributed by atoms with van der Waals surface area (Å²) in [5.74, 6) is -3.62. The van der Waals surface area contributed by atoms with E-state index in [1.807, 2.05) is 6.07 Å². The van der Waals surface area contributed by atoms with Crippen LogP contribution in [0.5, 0.6) is 5.75 Å². The van der Waals surface area contributed by atoms with Gasteiger partial charge in [-0.15, -0.1) is 5.10 Å². The third-order valence-electron chi connectivity index (χ3n) is 8.45. The highest BCUT2D eigenvalue weighted by atomic mass is 16.5. The summed E-state index contributed by atoms with van der Waals surface area (Å²) < 4.78 is 5.88. The SMILES string of the molecule is CC1(C)CCOc2c(C(=O)N[C@H]3CN4C(=N)N[C@@H](CNC(=O)c5cccnn5)[C@@H]5NC(=N)N[C@@]54C3(O)O)cccc21. The molecule has 4 atom stereocenters. The lowest BCUT2D eigenvalue weighted by atomic mass is 9.79. The van der Waals surface area contributed by atoms with E-state index in [9.17, 15) is 19.8 Å². The first-order valence-electron chi connectivity index (χ1n) is 13.3. The first kappa shape index (κ1) is 26.7. The molecule has 5 heterocycles. The Hall–Kier alpha value is -4.50. The summed E-state index contributed by atoms with van der Waals surface area (Å²) in [6, 6.07) is 5.47. The number of amides is 2. The fraction of sp³-hybridized carbons (Fsp3) is 0.462. The number of fused-ring (bicyclic) bond motifs is 1. The molecule has 9 N–H and O–H groups in total. The van der Waals surface area contributed by atoms with Crippen LogP contribution >= 0.6 is 0 Å². The number of aromatic nitrogens is 2. The zero-order chi connectivity index (χ0) is 29.2. The second-order valence-corrected chi connectivity index (χ2v) is 11.3. The lowest BCUT2D eigenvalue weighted by molar-refractivity contribution is -0.232. The number of nitrogens with zero attached hydrogens (tertiary/aromatic N) is 3. The Morgan fingerprint density at radius 3 is 2.73 bits per heavy atom. The van der Waals surface area contributed by atoms with Crippen LogP contribution in [0.4, 0.5) is 0 Å². The summed E-state index contributed by atoms with van der Waals surface area (Å²) in [5, 5.41) is 61.9. The van der Waals surface area contributed by atoms with Gasteiger partial charge in [-0.25, -0.2) is 0 Å². The van der Waals surface area contributed by atoms with Gasteiger partial charge in [-0.05, 0) is 30.0 Å². The molecule has 4 aliphatic rings. The number of hydrogen-bond donors (Lipinski definition) is 9. The summed E-state index contributed by atoms with van der Waals surface area (Å²) in [6.45, 7) is 4.41. The van der Waals surface area contributed by atoms with Gasteiger partial charge >= 0.3 is 0 Å². The van der Waals surface area contributed by atoms with Crippen molar-refractivity contribution in [3.8, 4) is 5.75 Å². The molecule has 0 bridgehead atoms. The Balaban J connectivity index is 1.26. The molecular weight excluding hydrogens is 532 g/mol. The molecule has 41 heavy (non-hydrogen) atoms. The van der Waals surface area contributed by atoms with Crippen molar-refractivity contribution in [3.05, 3.63) is 53.3 Å². The molecule has 3 saturated heterocycles. The Bertz CT molecular complexity index is 1430. The van der Waals surface area contributed by atoms with Crippen molar-refractivity contribution in [2.24, 2.45) is 0 Å². The van der Waals surface area contributed by atoms with E-state index in [4.69, 9.17) is 15.6 Å². The third kappa shape index (κ3) is 4.02. The number of benzene rings is 1. The monoisotopic (exact) mass is 564 g/mol. The molecular formula is C26H32N10O5. The smallest absolute Gasteiger partial charge is 0.271 e. The minimum Gasteiger partial charge on any atom is -0.492 e. The molecule has 15 nitrogen and oxygen atoms in total. The van der Waals surface area contributed by atoms with Crippen LogP contribution in [0.3, 0.4) is 0 Å². The molecule has 2 amide bonds. The van der Waals surface area contributed by atoms with Crippen LogP contribution in [0.15, 0.2) is 36.5 Å². The van der Waals surface area contributed by atoms with Crippen LogP contribution in [0.25, 0.3) is 0 Å². The quantitative estimate of drug-likeness (QED) is 0.184. The molecule has 0 saturated carbocycles. The van der Waals surface area contributed by atoms with Crippen LogP contribution < -0.4 is 31.3 Å². The van der Waals surface area contributed by atoms with Crippen molar-refractivity contribution in [1.29, 1.82) is 10.8 Å². The number of aliphatic hydroxyl groups is 2. The van der Waals surface area contributed by atoms with Crippen molar-refractivity contribution in [2.45, 2.75) is 55.3 Å². The molecule has 6 rings (SSSR count). The maximum Gasteiger partial charge on any atom is 0.271 e. The van der Waals surface area contributed by atoms with Crippen molar-refractivity contribution in [3.63, 3.8) is 0 Å². The van der Waals surface area contributed by atoms with E-state index in [2.05, 4.69) is 50.6 Å². The lowest BCUT2D eigenvalue weighted by Crippen LogP contribution is -2.81. The summed E-state index contributed by atoms with van der Waals surface area (Å²) in [6.07, 6.45) is 2.24. The normalized spacial score (nSPS) is 28.6. The number of guanidine groups is 2. The average Bonchev–Trinajstić information content (AvgIpc) is 3.41. The average molecular weight is 565 g/mol. The Labute approximate surface area is 235 Å². The van der Waals surface area contributed by atoms with Gasteiger partial charge in [-0.1, -0.05) is 26.0 Å². The zero-order valence-corrected chi connectivity index (χ0v) is 22.5. The van der Waals surface area contributed by atoms with Gasteiger partial charge in [-0.3, -0.25) is 20.4 Å². The standard InChI is InChI=1S/C26H32N10O5/c1-24(2)8-10-41-18-13(5-3-6-14(18)24)20(37)32-17-12-36-23(28)31-16(11-29-21(38)15-7-4-9-30-35-15)19-25(36,26(17,39)40)34-22(27)33-19/h3-7,9,16-17,19,39-40H,8,10-12H2,1-2H3,(H2,28,31)(H,29,38)(H,32,37)(H3,27,33,34)/t16-,17-,19-,25-/m0/s1. The first-order chi connectivity index (χ1) is 19.5. The minimum absolute atomic E-state index is 0.0453. The van der Waals surface area contributed by atoms with Gasteiger partial charge in [0.2, 0.25) is 5.79 Å². The van der Waals surface area contributed by atoms with E-state index >= 15 is 0 Å². The predicted molar refractivity (Wildman–Crippen MR) is 144 cm³/mol. The molecule has 216 valence electrons. The third-order valence-corrected chi connectivity index (χ3v) is 8.45. The van der Waals surface area contributed by atoms with Gasteiger partial charge in [0, 0.05) is 24.8 Å². The van der Waals surface area contributed by atoms with E-state index in [0.717, 1.165) is 12.0 Å². The van der Waals surface area contributed by atoms with E-state index < -0.39 is 41.4 Å². The van der Waals surface area contributed by atoms with Gasteiger partial charge < -0.3 is 46.4 Å². The fourth-order valence-corrected chi connectivity index (χ4v) is 6.25. The number of carbonyl (C=O) groups is 2. The number of para-hydroxylation sites is 1. The number of nitrogens with one attached hydrogen (secondary N) is 7. The topological polar surface area (TPSA) is 221 Å². The van der Waals surface area contributed by atoms with Gasteiger partial charge in [0.15, 0.2) is 23.3 Å².